The van der Waals surface area contributed by atoms with Gasteiger partial charge in [-0.15, -0.1) is 0 Å². The molecule has 11 heavy (non-hydrogen) atoms. The van der Waals surface area contributed by atoms with Crippen molar-refractivity contribution in [2.45, 2.75) is 34.1 Å². The molecule has 0 fully saturated rings. The van der Waals surface area contributed by atoms with Gasteiger partial charge in [0, 0.05) is 0 Å². The predicted molar refractivity (Wildman–Crippen MR) is 50.0 cm³/mol. The topological polar surface area (TPSA) is 0 Å². The van der Waals surface area contributed by atoms with Crippen molar-refractivity contribution in [3.63, 3.8) is 0 Å². The van der Waals surface area contributed by atoms with E-state index in [2.05, 4.69) is 39.8 Å². The first-order valence-electron chi connectivity index (χ1n) is 4.22. The molecular weight excluding hydrogens is 132 g/mol. The fraction of sp³-hybridized carbons (Fsp3) is 0.455. The smallest absolute Gasteiger partial charge is 0.0307 e. The zero-order chi connectivity index (χ0) is 8.43. The van der Waals surface area contributed by atoms with E-state index in [4.69, 9.17) is 0 Å². The Morgan fingerprint density at radius 3 is 1.82 bits per heavy atom. The van der Waals surface area contributed by atoms with Gasteiger partial charge in [-0.2, -0.15) is 0 Å². The second-order valence-electron chi connectivity index (χ2n) is 3.21. The highest BCUT2D eigenvalue weighted by atomic mass is 14.0. The molecule has 0 bridgehead atoms. The molecule has 0 heteroatoms. The van der Waals surface area contributed by atoms with Gasteiger partial charge in [-0.3, -0.25) is 0 Å². The molecule has 0 aromatic heterocycles. The number of hydrogen-bond donors (Lipinski definition) is 0. The average molecular weight is 148 g/mol. The molecule has 0 nitrogen and oxygen atoms in total. The number of aryl methyl sites for hydroxylation is 3. The van der Waals surface area contributed by atoms with Gasteiger partial charge < -0.3 is 0 Å². The summed E-state index contributed by atoms with van der Waals surface area (Å²) in [6.07, 6.45) is 1.14. The van der Waals surface area contributed by atoms with Crippen molar-refractivity contribution < 1.29 is 0 Å². The molecule has 0 amide bonds. The van der Waals surface area contributed by atoms with Gasteiger partial charge in [0.2, 0.25) is 0 Å². The predicted octanol–water partition coefficient (Wildman–Crippen LogP) is 3.17. The van der Waals surface area contributed by atoms with Crippen LogP contribution in [0.1, 0.15) is 29.2 Å². The lowest BCUT2D eigenvalue weighted by Gasteiger charge is -2.06. The SMILES string of the molecule is CCc1cc(C)c(C)c(C)c1. The summed E-state index contributed by atoms with van der Waals surface area (Å²) in [5, 5.41) is 0. The molecular formula is C11H16. The van der Waals surface area contributed by atoms with E-state index in [0.717, 1.165) is 6.42 Å². The van der Waals surface area contributed by atoms with Gasteiger partial charge in [-0.05, 0) is 49.4 Å². The maximum Gasteiger partial charge on any atom is -0.0307 e. The molecule has 0 aliphatic heterocycles. The minimum atomic E-state index is 1.14. The molecule has 0 atom stereocenters. The highest BCUT2D eigenvalue weighted by Crippen LogP contribution is 2.15. The summed E-state index contributed by atoms with van der Waals surface area (Å²) in [7, 11) is 0. The Kier molecular flexibility index (Phi) is 2.33. The molecule has 0 spiro atoms. The maximum atomic E-state index is 2.28. The molecule has 0 aliphatic carbocycles. The summed E-state index contributed by atoms with van der Waals surface area (Å²) in [6, 6.07) is 4.56. The fourth-order valence-electron chi connectivity index (χ4n) is 1.33. The molecule has 0 radical (unpaired) electrons. The minimum absolute atomic E-state index is 1.14. The highest BCUT2D eigenvalue weighted by molar-refractivity contribution is 5.36. The van der Waals surface area contributed by atoms with Gasteiger partial charge in [-0.1, -0.05) is 19.1 Å². The Balaban J connectivity index is 3.21. The molecule has 0 heterocycles. The molecule has 0 saturated heterocycles. The largest absolute Gasteiger partial charge is 0.0613 e. The van der Waals surface area contributed by atoms with E-state index < -0.39 is 0 Å². The van der Waals surface area contributed by atoms with Crippen molar-refractivity contribution in [2.75, 3.05) is 0 Å². The number of benzene rings is 1. The summed E-state index contributed by atoms with van der Waals surface area (Å²) in [4.78, 5) is 0. The first-order chi connectivity index (χ1) is 5.15. The van der Waals surface area contributed by atoms with Crippen molar-refractivity contribution in [3.05, 3.63) is 34.4 Å². The quantitative estimate of drug-likeness (QED) is 0.574. The van der Waals surface area contributed by atoms with Crippen molar-refractivity contribution in [3.8, 4) is 0 Å². The highest BCUT2D eigenvalue weighted by Gasteiger charge is 1.98. The van der Waals surface area contributed by atoms with E-state index in [-0.39, 0.29) is 0 Å². The number of rotatable bonds is 1. The van der Waals surface area contributed by atoms with Crippen LogP contribution in [0.25, 0.3) is 0 Å². The van der Waals surface area contributed by atoms with Gasteiger partial charge in [0.25, 0.3) is 0 Å². The van der Waals surface area contributed by atoms with Gasteiger partial charge in [0.1, 0.15) is 0 Å². The lowest BCUT2D eigenvalue weighted by Crippen LogP contribution is -1.89. The minimum Gasteiger partial charge on any atom is -0.0613 e. The van der Waals surface area contributed by atoms with Crippen molar-refractivity contribution in [1.29, 1.82) is 0 Å². The molecule has 1 rings (SSSR count). The molecule has 1 aromatic rings. The Bertz CT molecular complexity index is 236. The molecule has 0 N–H and O–H groups in total. The van der Waals surface area contributed by atoms with Crippen LogP contribution in [-0.4, -0.2) is 0 Å². The first kappa shape index (κ1) is 8.32. The third-order valence-corrected chi connectivity index (χ3v) is 2.40. The standard InChI is InChI=1S/C11H16/c1-5-11-6-8(2)10(4)9(3)7-11/h6-7H,5H2,1-4H3. The summed E-state index contributed by atoms with van der Waals surface area (Å²) in [5.41, 5.74) is 5.72. The van der Waals surface area contributed by atoms with Crippen molar-refractivity contribution in [2.24, 2.45) is 0 Å². The van der Waals surface area contributed by atoms with Crippen LogP contribution in [0.15, 0.2) is 12.1 Å². The molecule has 0 unspecified atom stereocenters. The molecule has 60 valence electrons. The van der Waals surface area contributed by atoms with Crippen LogP contribution < -0.4 is 0 Å². The van der Waals surface area contributed by atoms with E-state index in [9.17, 15) is 0 Å². The van der Waals surface area contributed by atoms with E-state index in [1.54, 1.807) is 0 Å². The zero-order valence-corrected chi connectivity index (χ0v) is 7.86. The van der Waals surface area contributed by atoms with Gasteiger partial charge in [0.15, 0.2) is 0 Å². The van der Waals surface area contributed by atoms with E-state index in [1.807, 2.05) is 0 Å². The Morgan fingerprint density at radius 2 is 1.45 bits per heavy atom. The van der Waals surface area contributed by atoms with Crippen molar-refractivity contribution in [1.82, 2.24) is 0 Å². The third kappa shape index (κ3) is 1.62. The lowest BCUT2D eigenvalue weighted by atomic mass is 10.00. The monoisotopic (exact) mass is 148 g/mol. The van der Waals surface area contributed by atoms with Crippen LogP contribution in [0.4, 0.5) is 0 Å². The van der Waals surface area contributed by atoms with Gasteiger partial charge in [-0.25, -0.2) is 0 Å². The molecule has 0 saturated carbocycles. The fourth-order valence-corrected chi connectivity index (χ4v) is 1.33. The van der Waals surface area contributed by atoms with Gasteiger partial charge >= 0.3 is 0 Å². The van der Waals surface area contributed by atoms with Crippen LogP contribution in [0, 0.1) is 20.8 Å². The second-order valence-corrected chi connectivity index (χ2v) is 3.21. The lowest BCUT2D eigenvalue weighted by molar-refractivity contribution is 1.11. The summed E-state index contributed by atoms with van der Waals surface area (Å²) in [5.74, 6) is 0. The number of hydrogen-bond acceptors (Lipinski definition) is 0. The second kappa shape index (κ2) is 3.08. The van der Waals surface area contributed by atoms with Crippen LogP contribution >= 0.6 is 0 Å². The summed E-state index contributed by atoms with van der Waals surface area (Å²) in [6.45, 7) is 8.75. The average Bonchev–Trinajstić information content (AvgIpc) is 1.99. The Morgan fingerprint density at radius 1 is 1.00 bits per heavy atom. The van der Waals surface area contributed by atoms with Crippen LogP contribution in [0.5, 0.6) is 0 Å². The van der Waals surface area contributed by atoms with E-state index in [1.165, 1.54) is 22.3 Å². The van der Waals surface area contributed by atoms with Crippen LogP contribution in [-0.2, 0) is 6.42 Å². The zero-order valence-electron chi connectivity index (χ0n) is 7.86. The summed E-state index contributed by atoms with van der Waals surface area (Å²) >= 11 is 0. The Labute approximate surface area is 69.3 Å². The third-order valence-electron chi connectivity index (χ3n) is 2.40. The van der Waals surface area contributed by atoms with Gasteiger partial charge in [0.05, 0.1) is 0 Å². The van der Waals surface area contributed by atoms with Crippen LogP contribution in [0.3, 0.4) is 0 Å². The Hall–Kier alpha value is -0.780. The normalized spacial score (nSPS) is 10.2. The molecule has 0 aliphatic rings. The van der Waals surface area contributed by atoms with E-state index >= 15 is 0 Å². The van der Waals surface area contributed by atoms with E-state index in [0.29, 0.717) is 0 Å². The first-order valence-corrected chi connectivity index (χ1v) is 4.22. The van der Waals surface area contributed by atoms with Crippen LogP contribution in [0.2, 0.25) is 0 Å². The molecule has 1 aromatic carbocycles. The van der Waals surface area contributed by atoms with Crippen molar-refractivity contribution >= 4 is 0 Å². The maximum absolute atomic E-state index is 2.28. The summed E-state index contributed by atoms with van der Waals surface area (Å²) < 4.78 is 0.